The van der Waals surface area contributed by atoms with Crippen LogP contribution >= 0.6 is 0 Å². The van der Waals surface area contributed by atoms with Crippen LogP contribution in [0.1, 0.15) is 46.6 Å². The molecule has 0 aliphatic heterocycles. The lowest BCUT2D eigenvalue weighted by molar-refractivity contribution is 0.0697. The molecule has 21 heavy (non-hydrogen) atoms. The van der Waals surface area contributed by atoms with Crippen LogP contribution in [-0.4, -0.2) is 16.1 Å². The molecule has 4 nitrogen and oxygen atoms in total. The SMILES string of the molecule is CC(Nc1nc2c(cc1C(=O)O)CCC2)c1ccccc1. The zero-order valence-electron chi connectivity index (χ0n) is 12.0. The van der Waals surface area contributed by atoms with Crippen LogP contribution in [0.4, 0.5) is 5.82 Å². The van der Waals surface area contributed by atoms with Crippen LogP contribution in [0.2, 0.25) is 0 Å². The fourth-order valence-corrected chi connectivity index (χ4v) is 2.78. The highest BCUT2D eigenvalue weighted by molar-refractivity contribution is 5.93. The number of anilines is 1. The third-order valence-electron chi connectivity index (χ3n) is 3.93. The first-order valence-electron chi connectivity index (χ1n) is 7.22. The predicted molar refractivity (Wildman–Crippen MR) is 81.7 cm³/mol. The van der Waals surface area contributed by atoms with E-state index in [2.05, 4.69) is 10.3 Å². The predicted octanol–water partition coefficient (Wildman–Crippen LogP) is 3.44. The molecule has 1 aromatic carbocycles. The van der Waals surface area contributed by atoms with Crippen molar-refractivity contribution in [2.45, 2.75) is 32.2 Å². The summed E-state index contributed by atoms with van der Waals surface area (Å²) in [5.74, 6) is -0.459. The number of nitrogens with one attached hydrogen (secondary N) is 1. The zero-order valence-corrected chi connectivity index (χ0v) is 12.0. The number of pyridine rings is 1. The Morgan fingerprint density at radius 3 is 2.76 bits per heavy atom. The van der Waals surface area contributed by atoms with Crippen molar-refractivity contribution in [1.29, 1.82) is 0 Å². The molecule has 1 atom stereocenters. The zero-order chi connectivity index (χ0) is 14.8. The van der Waals surface area contributed by atoms with E-state index >= 15 is 0 Å². The number of carboxylic acid groups (broad SMARTS) is 1. The van der Waals surface area contributed by atoms with Crippen molar-refractivity contribution in [3.8, 4) is 0 Å². The first kappa shape index (κ1) is 13.6. The Morgan fingerprint density at radius 2 is 2.05 bits per heavy atom. The largest absolute Gasteiger partial charge is 0.478 e. The quantitative estimate of drug-likeness (QED) is 0.901. The van der Waals surface area contributed by atoms with E-state index in [0.717, 1.165) is 36.1 Å². The topological polar surface area (TPSA) is 62.2 Å². The molecule has 0 amide bonds. The van der Waals surface area contributed by atoms with Gasteiger partial charge in [0.25, 0.3) is 0 Å². The minimum absolute atomic E-state index is 0.0104. The van der Waals surface area contributed by atoms with E-state index in [9.17, 15) is 9.90 Å². The van der Waals surface area contributed by atoms with Crippen LogP contribution in [-0.2, 0) is 12.8 Å². The average Bonchev–Trinajstić information content (AvgIpc) is 2.94. The van der Waals surface area contributed by atoms with E-state index in [4.69, 9.17) is 0 Å². The molecule has 1 aliphatic carbocycles. The van der Waals surface area contributed by atoms with E-state index < -0.39 is 5.97 Å². The van der Waals surface area contributed by atoms with Gasteiger partial charge >= 0.3 is 5.97 Å². The summed E-state index contributed by atoms with van der Waals surface area (Å²) < 4.78 is 0. The van der Waals surface area contributed by atoms with Gasteiger partial charge in [0.2, 0.25) is 0 Å². The van der Waals surface area contributed by atoms with Gasteiger partial charge in [-0.15, -0.1) is 0 Å². The van der Waals surface area contributed by atoms with Gasteiger partial charge in [-0.05, 0) is 43.4 Å². The molecular formula is C17H18N2O2. The van der Waals surface area contributed by atoms with E-state index in [-0.39, 0.29) is 11.6 Å². The van der Waals surface area contributed by atoms with Gasteiger partial charge < -0.3 is 10.4 Å². The van der Waals surface area contributed by atoms with Crippen molar-refractivity contribution in [2.24, 2.45) is 0 Å². The Morgan fingerprint density at radius 1 is 1.29 bits per heavy atom. The fourth-order valence-electron chi connectivity index (χ4n) is 2.78. The number of hydrogen-bond donors (Lipinski definition) is 2. The van der Waals surface area contributed by atoms with Crippen molar-refractivity contribution in [3.05, 3.63) is 58.8 Å². The smallest absolute Gasteiger partial charge is 0.339 e. The van der Waals surface area contributed by atoms with Crippen LogP contribution < -0.4 is 5.32 Å². The van der Waals surface area contributed by atoms with Crippen molar-refractivity contribution in [1.82, 2.24) is 4.98 Å². The van der Waals surface area contributed by atoms with Crippen molar-refractivity contribution < 1.29 is 9.90 Å². The standard InChI is InChI=1S/C17H18N2O2/c1-11(12-6-3-2-4-7-12)18-16-14(17(20)21)10-13-8-5-9-15(13)19-16/h2-4,6-7,10-11H,5,8-9H2,1H3,(H,18,19)(H,20,21). The molecule has 0 saturated heterocycles. The maximum atomic E-state index is 11.5. The summed E-state index contributed by atoms with van der Waals surface area (Å²) in [6.45, 7) is 2.01. The summed E-state index contributed by atoms with van der Waals surface area (Å²) in [7, 11) is 0. The van der Waals surface area contributed by atoms with Crippen LogP contribution in [0.15, 0.2) is 36.4 Å². The highest BCUT2D eigenvalue weighted by Crippen LogP contribution is 2.27. The Labute approximate surface area is 123 Å². The summed E-state index contributed by atoms with van der Waals surface area (Å²) in [6, 6.07) is 11.7. The number of aromatic carboxylic acids is 1. The molecule has 108 valence electrons. The molecule has 2 aromatic rings. The van der Waals surface area contributed by atoms with Gasteiger partial charge in [-0.25, -0.2) is 9.78 Å². The molecule has 0 bridgehead atoms. The Hall–Kier alpha value is -2.36. The second-order valence-corrected chi connectivity index (χ2v) is 5.43. The highest BCUT2D eigenvalue weighted by Gasteiger charge is 2.21. The van der Waals surface area contributed by atoms with E-state index in [0.29, 0.717) is 5.82 Å². The highest BCUT2D eigenvalue weighted by atomic mass is 16.4. The van der Waals surface area contributed by atoms with Crippen molar-refractivity contribution in [2.75, 3.05) is 5.32 Å². The maximum absolute atomic E-state index is 11.5. The molecule has 0 fully saturated rings. The minimum atomic E-state index is -0.931. The van der Waals surface area contributed by atoms with Crippen molar-refractivity contribution >= 4 is 11.8 Å². The summed E-state index contributed by atoms with van der Waals surface area (Å²) in [4.78, 5) is 16.0. The maximum Gasteiger partial charge on any atom is 0.339 e. The molecule has 0 radical (unpaired) electrons. The van der Waals surface area contributed by atoms with E-state index in [1.165, 1.54) is 0 Å². The normalized spacial score (nSPS) is 14.5. The number of nitrogens with zero attached hydrogens (tertiary/aromatic N) is 1. The van der Waals surface area contributed by atoms with Gasteiger partial charge in [0.05, 0.1) is 0 Å². The molecule has 1 aromatic heterocycles. The van der Waals surface area contributed by atoms with Crippen LogP contribution in [0.3, 0.4) is 0 Å². The van der Waals surface area contributed by atoms with Crippen LogP contribution in [0, 0.1) is 0 Å². The number of rotatable bonds is 4. The van der Waals surface area contributed by atoms with Crippen molar-refractivity contribution in [3.63, 3.8) is 0 Å². The molecule has 1 unspecified atom stereocenters. The van der Waals surface area contributed by atoms with Gasteiger partial charge in [0, 0.05) is 11.7 Å². The number of aromatic nitrogens is 1. The Kier molecular flexibility index (Phi) is 3.60. The molecule has 1 heterocycles. The lowest BCUT2D eigenvalue weighted by atomic mass is 10.1. The summed E-state index contributed by atoms with van der Waals surface area (Å²) in [5.41, 5.74) is 3.47. The van der Waals surface area contributed by atoms with Gasteiger partial charge in [-0.1, -0.05) is 30.3 Å². The van der Waals surface area contributed by atoms with Gasteiger partial charge in [-0.2, -0.15) is 0 Å². The first-order chi connectivity index (χ1) is 10.1. The number of aryl methyl sites for hydroxylation is 2. The second kappa shape index (κ2) is 5.56. The summed E-state index contributed by atoms with van der Waals surface area (Å²) >= 11 is 0. The Bertz CT molecular complexity index is 668. The van der Waals surface area contributed by atoms with Crippen LogP contribution in [0.5, 0.6) is 0 Å². The number of carbonyl (C=O) groups is 1. The molecular weight excluding hydrogens is 264 g/mol. The second-order valence-electron chi connectivity index (χ2n) is 5.43. The number of carboxylic acids is 1. The lowest BCUT2D eigenvalue weighted by Gasteiger charge is -2.17. The number of hydrogen-bond acceptors (Lipinski definition) is 3. The Balaban J connectivity index is 1.93. The van der Waals surface area contributed by atoms with Crippen LogP contribution in [0.25, 0.3) is 0 Å². The molecule has 0 spiro atoms. The average molecular weight is 282 g/mol. The fraction of sp³-hybridized carbons (Fsp3) is 0.294. The lowest BCUT2D eigenvalue weighted by Crippen LogP contribution is -2.13. The monoisotopic (exact) mass is 282 g/mol. The molecule has 3 rings (SSSR count). The number of benzene rings is 1. The molecule has 2 N–H and O–H groups in total. The van der Waals surface area contributed by atoms with E-state index in [1.54, 1.807) is 6.07 Å². The molecule has 0 saturated carbocycles. The third-order valence-corrected chi connectivity index (χ3v) is 3.93. The number of fused-ring (bicyclic) bond motifs is 1. The van der Waals surface area contributed by atoms with Gasteiger partial charge in [-0.3, -0.25) is 0 Å². The molecule has 1 aliphatic rings. The van der Waals surface area contributed by atoms with Gasteiger partial charge in [0.1, 0.15) is 11.4 Å². The summed E-state index contributed by atoms with van der Waals surface area (Å²) in [5, 5.41) is 12.6. The first-order valence-corrected chi connectivity index (χ1v) is 7.22. The third kappa shape index (κ3) is 2.75. The van der Waals surface area contributed by atoms with E-state index in [1.807, 2.05) is 37.3 Å². The van der Waals surface area contributed by atoms with Gasteiger partial charge in [0.15, 0.2) is 0 Å². The molecule has 4 heteroatoms. The summed E-state index contributed by atoms with van der Waals surface area (Å²) in [6.07, 6.45) is 2.92. The minimum Gasteiger partial charge on any atom is -0.478 e.